The Hall–Kier alpha value is -4.13. The van der Waals surface area contributed by atoms with Gasteiger partial charge in [0.1, 0.15) is 11.7 Å². The number of ketones is 1. The van der Waals surface area contributed by atoms with E-state index in [9.17, 15) is 14.4 Å². The average molecular weight is 481 g/mol. The topological polar surface area (TPSA) is 83.5 Å². The molecule has 2 aliphatic rings. The number of hydrogen-bond donors (Lipinski definition) is 0. The van der Waals surface area contributed by atoms with Crippen LogP contribution in [0.25, 0.3) is 11.1 Å². The first-order valence-corrected chi connectivity index (χ1v) is 12.2. The molecule has 1 fully saturated rings. The average Bonchev–Trinajstić information content (AvgIpc) is 3.49. The maximum atomic E-state index is 14.0. The molecule has 2 aliphatic heterocycles. The highest BCUT2D eigenvalue weighted by atomic mass is 16.2. The van der Waals surface area contributed by atoms with Crippen molar-refractivity contribution >= 4 is 17.6 Å². The molecule has 0 spiro atoms. The molecule has 0 bridgehead atoms. The van der Waals surface area contributed by atoms with Crippen molar-refractivity contribution in [3.63, 3.8) is 0 Å². The van der Waals surface area contributed by atoms with Crippen LogP contribution in [0.1, 0.15) is 42.2 Å². The van der Waals surface area contributed by atoms with Gasteiger partial charge in [0.15, 0.2) is 5.78 Å². The van der Waals surface area contributed by atoms with Gasteiger partial charge in [0.25, 0.3) is 5.91 Å². The Labute approximate surface area is 210 Å². The van der Waals surface area contributed by atoms with E-state index in [4.69, 9.17) is 0 Å². The number of rotatable bonds is 6. The van der Waals surface area contributed by atoms with Gasteiger partial charge in [-0.2, -0.15) is 0 Å². The minimum atomic E-state index is -0.735. The fourth-order valence-corrected chi connectivity index (χ4v) is 5.05. The van der Waals surface area contributed by atoms with Crippen LogP contribution in [0.4, 0.5) is 0 Å². The largest absolute Gasteiger partial charge is 0.323 e. The molecule has 2 aromatic heterocycles. The lowest BCUT2D eigenvalue weighted by atomic mass is 9.87. The molecule has 2 unspecified atom stereocenters. The molecule has 1 aromatic carbocycles. The molecule has 2 atom stereocenters. The number of amides is 2. The Kier molecular flexibility index (Phi) is 6.46. The quantitative estimate of drug-likeness (QED) is 0.531. The maximum absolute atomic E-state index is 14.0. The maximum Gasteiger partial charge on any atom is 0.277 e. The van der Waals surface area contributed by atoms with Crippen LogP contribution in [0.2, 0.25) is 0 Å². The third-order valence-corrected chi connectivity index (χ3v) is 6.72. The van der Waals surface area contributed by atoms with Gasteiger partial charge in [-0.3, -0.25) is 24.4 Å². The smallest absolute Gasteiger partial charge is 0.277 e. The molecule has 7 nitrogen and oxygen atoms in total. The molecule has 1 saturated heterocycles. The van der Waals surface area contributed by atoms with Crippen LogP contribution in [0.3, 0.4) is 0 Å². The summed E-state index contributed by atoms with van der Waals surface area (Å²) in [6.45, 7) is 4.42. The van der Waals surface area contributed by atoms with E-state index in [0.29, 0.717) is 18.7 Å². The summed E-state index contributed by atoms with van der Waals surface area (Å²) in [6, 6.07) is 16.2. The lowest BCUT2D eigenvalue weighted by Gasteiger charge is -2.29. The van der Waals surface area contributed by atoms with E-state index in [0.717, 1.165) is 16.7 Å². The van der Waals surface area contributed by atoms with Crippen LogP contribution in [0.5, 0.6) is 0 Å². The third-order valence-electron chi connectivity index (χ3n) is 6.72. The SMILES string of the molecule is CC(C)CC(C(=O)N1CC=C2C1C(=O)CN2C(=O)c1ccccn1)c1cccc(-c2cccnc2)c1. The van der Waals surface area contributed by atoms with Crippen molar-refractivity contribution in [2.45, 2.75) is 32.2 Å². The zero-order valence-electron chi connectivity index (χ0n) is 20.4. The lowest BCUT2D eigenvalue weighted by Crippen LogP contribution is -2.43. The molecule has 36 heavy (non-hydrogen) atoms. The lowest BCUT2D eigenvalue weighted by molar-refractivity contribution is -0.137. The van der Waals surface area contributed by atoms with Gasteiger partial charge in [-0.15, -0.1) is 0 Å². The number of aromatic nitrogens is 2. The van der Waals surface area contributed by atoms with Crippen molar-refractivity contribution in [3.05, 3.63) is 96.2 Å². The number of benzene rings is 1. The molecule has 2 amide bonds. The van der Waals surface area contributed by atoms with Gasteiger partial charge in [-0.05, 0) is 53.3 Å². The molecule has 182 valence electrons. The first-order chi connectivity index (χ1) is 17.4. The Morgan fingerprint density at radius 2 is 1.86 bits per heavy atom. The van der Waals surface area contributed by atoms with Crippen LogP contribution in [-0.2, 0) is 9.59 Å². The number of carbonyl (C=O) groups excluding carboxylic acids is 3. The van der Waals surface area contributed by atoms with E-state index in [1.165, 1.54) is 4.90 Å². The number of likely N-dealkylation sites (tertiary alicyclic amines) is 1. The van der Waals surface area contributed by atoms with Crippen molar-refractivity contribution in [1.29, 1.82) is 0 Å². The van der Waals surface area contributed by atoms with Crippen molar-refractivity contribution in [2.24, 2.45) is 5.92 Å². The van der Waals surface area contributed by atoms with Crippen LogP contribution in [0, 0.1) is 5.92 Å². The van der Waals surface area contributed by atoms with Crippen molar-refractivity contribution in [1.82, 2.24) is 19.8 Å². The normalized spacial score (nSPS) is 17.8. The zero-order valence-corrected chi connectivity index (χ0v) is 20.4. The summed E-state index contributed by atoms with van der Waals surface area (Å²) in [5, 5.41) is 0. The van der Waals surface area contributed by atoms with E-state index < -0.39 is 12.0 Å². The van der Waals surface area contributed by atoms with E-state index in [-0.39, 0.29) is 35.8 Å². The Morgan fingerprint density at radius 1 is 1.03 bits per heavy atom. The summed E-state index contributed by atoms with van der Waals surface area (Å²) >= 11 is 0. The second kappa shape index (κ2) is 9.85. The van der Waals surface area contributed by atoms with Crippen molar-refractivity contribution < 1.29 is 14.4 Å². The summed E-state index contributed by atoms with van der Waals surface area (Å²) in [5.74, 6) is -0.692. The first-order valence-electron chi connectivity index (χ1n) is 12.2. The summed E-state index contributed by atoms with van der Waals surface area (Å²) < 4.78 is 0. The monoisotopic (exact) mass is 480 g/mol. The first kappa shape index (κ1) is 23.6. The van der Waals surface area contributed by atoms with Gasteiger partial charge in [0.2, 0.25) is 5.91 Å². The van der Waals surface area contributed by atoms with E-state index in [1.54, 1.807) is 41.7 Å². The molecule has 5 rings (SSSR count). The molecule has 3 aromatic rings. The second-order valence-electron chi connectivity index (χ2n) is 9.64. The predicted octanol–water partition coefficient (Wildman–Crippen LogP) is 4.09. The minimum absolute atomic E-state index is 0.0545. The fraction of sp³-hybridized carbons (Fsp3) is 0.276. The van der Waals surface area contributed by atoms with Crippen LogP contribution in [-0.4, -0.2) is 56.5 Å². The summed E-state index contributed by atoms with van der Waals surface area (Å²) in [6.07, 6.45) is 7.57. The Bertz CT molecular complexity index is 1320. The van der Waals surface area contributed by atoms with Crippen molar-refractivity contribution in [2.75, 3.05) is 13.1 Å². The van der Waals surface area contributed by atoms with E-state index in [1.807, 2.05) is 42.5 Å². The van der Waals surface area contributed by atoms with Crippen molar-refractivity contribution in [3.8, 4) is 11.1 Å². The molecule has 0 radical (unpaired) electrons. The Balaban J connectivity index is 1.42. The van der Waals surface area contributed by atoms with Gasteiger partial charge in [-0.25, -0.2) is 0 Å². The summed E-state index contributed by atoms with van der Waals surface area (Å²) in [5.41, 5.74) is 3.75. The summed E-state index contributed by atoms with van der Waals surface area (Å²) in [4.78, 5) is 51.5. The number of fused-ring (bicyclic) bond motifs is 1. The highest BCUT2D eigenvalue weighted by Crippen LogP contribution is 2.35. The standard InChI is InChI=1S/C29H28N4O3/c1-19(2)15-23(21-8-5-7-20(16-21)22-9-6-12-30-17-22)28(35)32-14-11-25-27(32)26(34)18-33(25)29(36)24-10-3-4-13-31-24/h3-13,16-17,19,23,27H,14-15,18H2,1-2H3. The zero-order chi connectivity index (χ0) is 25.2. The molecule has 4 heterocycles. The molecule has 7 heteroatoms. The third kappa shape index (κ3) is 4.44. The number of pyridine rings is 2. The highest BCUT2D eigenvalue weighted by Gasteiger charge is 2.48. The predicted molar refractivity (Wildman–Crippen MR) is 136 cm³/mol. The number of Topliss-reactive ketones (excluding diaryl/α,β-unsaturated/α-hetero) is 1. The van der Waals surface area contributed by atoms with Crippen LogP contribution >= 0.6 is 0 Å². The number of nitrogens with zero attached hydrogens (tertiary/aromatic N) is 4. The molecule has 0 saturated carbocycles. The Morgan fingerprint density at radius 3 is 2.58 bits per heavy atom. The second-order valence-corrected chi connectivity index (χ2v) is 9.64. The van der Waals surface area contributed by atoms with Gasteiger partial charge < -0.3 is 9.80 Å². The highest BCUT2D eigenvalue weighted by molar-refractivity contribution is 6.04. The van der Waals surface area contributed by atoms with Gasteiger partial charge >= 0.3 is 0 Å². The molecular weight excluding hydrogens is 452 g/mol. The molecule has 0 N–H and O–H groups in total. The fourth-order valence-electron chi connectivity index (χ4n) is 5.05. The van der Waals surface area contributed by atoms with Crippen LogP contribution < -0.4 is 0 Å². The van der Waals surface area contributed by atoms with Gasteiger partial charge in [0.05, 0.1) is 12.5 Å². The number of hydrogen-bond acceptors (Lipinski definition) is 5. The number of carbonyl (C=O) groups is 3. The van der Waals surface area contributed by atoms with E-state index >= 15 is 0 Å². The summed E-state index contributed by atoms with van der Waals surface area (Å²) in [7, 11) is 0. The van der Waals surface area contributed by atoms with Gasteiger partial charge in [0, 0.05) is 30.8 Å². The molecular formula is C29H28N4O3. The van der Waals surface area contributed by atoms with Gasteiger partial charge in [-0.1, -0.05) is 50.2 Å². The van der Waals surface area contributed by atoms with Crippen LogP contribution in [0.15, 0.2) is 85.0 Å². The minimum Gasteiger partial charge on any atom is -0.323 e. The molecule has 0 aliphatic carbocycles. The van der Waals surface area contributed by atoms with E-state index in [2.05, 4.69) is 23.8 Å².